The second-order valence-electron chi connectivity index (χ2n) is 6.19. The highest BCUT2D eigenvalue weighted by atomic mass is 79.9. The zero-order valence-electron chi connectivity index (χ0n) is 13.8. The van der Waals surface area contributed by atoms with E-state index in [1.807, 2.05) is 25.1 Å². The van der Waals surface area contributed by atoms with Gasteiger partial charge in [0.2, 0.25) is 5.91 Å². The molecule has 0 spiro atoms. The van der Waals surface area contributed by atoms with Gasteiger partial charge in [-0.1, -0.05) is 28.9 Å². The molecular formula is C17H25BrN4O. The summed E-state index contributed by atoms with van der Waals surface area (Å²) in [5.41, 5.74) is 7.89. The summed E-state index contributed by atoms with van der Waals surface area (Å²) in [4.78, 5) is 18.5. The van der Waals surface area contributed by atoms with E-state index in [4.69, 9.17) is 5.73 Å². The minimum Gasteiger partial charge on any atom is -0.370 e. The van der Waals surface area contributed by atoms with Crippen LogP contribution < -0.4 is 11.1 Å². The molecule has 1 aromatic rings. The SMILES string of the molecule is Cc1ccc(Br)cc1NC(=O)CCN=C(N)N1CCCC(C)C1. The quantitative estimate of drug-likeness (QED) is 0.622. The second-order valence-corrected chi connectivity index (χ2v) is 7.11. The van der Waals surface area contributed by atoms with E-state index in [1.54, 1.807) is 0 Å². The third kappa shape index (κ3) is 5.53. The van der Waals surface area contributed by atoms with Crippen LogP contribution in [0, 0.1) is 12.8 Å². The van der Waals surface area contributed by atoms with Crippen molar-refractivity contribution in [2.45, 2.75) is 33.1 Å². The van der Waals surface area contributed by atoms with Crippen molar-refractivity contribution in [3.05, 3.63) is 28.2 Å². The molecule has 6 heteroatoms. The first-order valence-electron chi connectivity index (χ1n) is 8.06. The van der Waals surface area contributed by atoms with E-state index in [-0.39, 0.29) is 5.91 Å². The van der Waals surface area contributed by atoms with Crippen LogP contribution in [-0.4, -0.2) is 36.4 Å². The Morgan fingerprint density at radius 2 is 2.30 bits per heavy atom. The Kier molecular flexibility index (Phi) is 6.45. The lowest BCUT2D eigenvalue weighted by molar-refractivity contribution is -0.116. The Morgan fingerprint density at radius 1 is 1.52 bits per heavy atom. The lowest BCUT2D eigenvalue weighted by atomic mass is 10.0. The molecule has 126 valence electrons. The van der Waals surface area contributed by atoms with Crippen LogP contribution in [0.1, 0.15) is 31.7 Å². The average molecular weight is 381 g/mol. The number of aliphatic imine (C=N–C) groups is 1. The number of anilines is 1. The highest BCUT2D eigenvalue weighted by Gasteiger charge is 2.17. The van der Waals surface area contributed by atoms with Crippen molar-refractivity contribution in [3.8, 4) is 0 Å². The van der Waals surface area contributed by atoms with Crippen molar-refractivity contribution in [2.24, 2.45) is 16.6 Å². The van der Waals surface area contributed by atoms with Gasteiger partial charge in [-0.15, -0.1) is 0 Å². The molecule has 0 aliphatic carbocycles. The molecule has 0 bridgehead atoms. The van der Waals surface area contributed by atoms with Crippen LogP contribution in [0.15, 0.2) is 27.7 Å². The van der Waals surface area contributed by atoms with Crippen molar-refractivity contribution in [2.75, 3.05) is 25.0 Å². The summed E-state index contributed by atoms with van der Waals surface area (Å²) in [6.07, 6.45) is 2.73. The smallest absolute Gasteiger partial charge is 0.226 e. The third-order valence-corrected chi connectivity index (χ3v) is 4.56. The minimum atomic E-state index is -0.0465. The monoisotopic (exact) mass is 380 g/mol. The normalized spacial score (nSPS) is 18.8. The molecule has 0 saturated carbocycles. The van der Waals surface area contributed by atoms with E-state index in [1.165, 1.54) is 6.42 Å². The first-order valence-corrected chi connectivity index (χ1v) is 8.86. The molecule has 1 amide bonds. The van der Waals surface area contributed by atoms with Gasteiger partial charge in [0, 0.05) is 29.7 Å². The van der Waals surface area contributed by atoms with Gasteiger partial charge in [0.1, 0.15) is 0 Å². The van der Waals surface area contributed by atoms with Gasteiger partial charge in [-0.25, -0.2) is 0 Å². The standard InChI is InChI=1S/C17H25BrN4O/c1-12-4-3-9-22(11-12)17(19)20-8-7-16(23)21-15-10-14(18)6-5-13(15)2/h5-6,10,12H,3-4,7-9,11H2,1-2H3,(H2,19,20)(H,21,23). The Morgan fingerprint density at radius 3 is 3.04 bits per heavy atom. The Balaban J connectivity index is 1.82. The second kappa shape index (κ2) is 8.34. The Bertz CT molecular complexity index is 588. The van der Waals surface area contributed by atoms with Gasteiger partial charge in [0.25, 0.3) is 0 Å². The summed E-state index contributed by atoms with van der Waals surface area (Å²) >= 11 is 3.41. The number of guanidine groups is 1. The predicted octanol–water partition coefficient (Wildman–Crippen LogP) is 3.13. The fraction of sp³-hybridized carbons (Fsp3) is 0.529. The molecule has 1 aromatic carbocycles. The Labute approximate surface area is 146 Å². The average Bonchev–Trinajstić information content (AvgIpc) is 2.51. The molecule has 3 N–H and O–H groups in total. The molecule has 1 atom stereocenters. The highest BCUT2D eigenvalue weighted by Crippen LogP contribution is 2.20. The number of piperidine rings is 1. The largest absolute Gasteiger partial charge is 0.370 e. The van der Waals surface area contributed by atoms with Crippen LogP contribution in [0.3, 0.4) is 0 Å². The molecule has 1 heterocycles. The molecule has 0 aromatic heterocycles. The number of nitrogens with one attached hydrogen (secondary N) is 1. The number of carbonyl (C=O) groups excluding carboxylic acids is 1. The van der Waals surface area contributed by atoms with Crippen LogP contribution >= 0.6 is 15.9 Å². The molecule has 1 fully saturated rings. The van der Waals surface area contributed by atoms with Crippen LogP contribution in [0.25, 0.3) is 0 Å². The van der Waals surface area contributed by atoms with Crippen LogP contribution in [0.5, 0.6) is 0 Å². The summed E-state index contributed by atoms with van der Waals surface area (Å²) in [6.45, 7) is 6.53. The van der Waals surface area contributed by atoms with Crippen molar-refractivity contribution in [1.29, 1.82) is 0 Å². The zero-order chi connectivity index (χ0) is 16.8. The fourth-order valence-corrected chi connectivity index (χ4v) is 3.07. The summed E-state index contributed by atoms with van der Waals surface area (Å²) < 4.78 is 0.944. The number of nitrogens with two attached hydrogens (primary N) is 1. The number of carbonyl (C=O) groups is 1. The van der Waals surface area contributed by atoms with Crippen molar-refractivity contribution in [1.82, 2.24) is 4.90 Å². The summed E-state index contributed by atoms with van der Waals surface area (Å²) in [5.74, 6) is 1.16. The van der Waals surface area contributed by atoms with E-state index in [0.29, 0.717) is 24.8 Å². The lowest BCUT2D eigenvalue weighted by Crippen LogP contribution is -2.43. The van der Waals surface area contributed by atoms with Gasteiger partial charge in [-0.3, -0.25) is 9.79 Å². The summed E-state index contributed by atoms with van der Waals surface area (Å²) in [7, 11) is 0. The number of hydrogen-bond acceptors (Lipinski definition) is 2. The lowest BCUT2D eigenvalue weighted by Gasteiger charge is -2.31. The summed E-state index contributed by atoms with van der Waals surface area (Å²) in [5, 5.41) is 2.92. The molecular weight excluding hydrogens is 356 g/mol. The van der Waals surface area contributed by atoms with Gasteiger partial charge < -0.3 is 16.0 Å². The molecule has 0 radical (unpaired) electrons. The maximum atomic E-state index is 12.0. The first-order chi connectivity index (χ1) is 11.0. The number of hydrogen-bond donors (Lipinski definition) is 2. The van der Waals surface area contributed by atoms with E-state index in [2.05, 4.69) is 38.1 Å². The van der Waals surface area contributed by atoms with Gasteiger partial charge in [-0.05, 0) is 43.4 Å². The number of amides is 1. The number of rotatable bonds is 4. The maximum Gasteiger partial charge on any atom is 0.226 e. The minimum absolute atomic E-state index is 0.0465. The van der Waals surface area contributed by atoms with Crippen molar-refractivity contribution < 1.29 is 4.79 Å². The van der Waals surface area contributed by atoms with Crippen LogP contribution in [0.2, 0.25) is 0 Å². The topological polar surface area (TPSA) is 70.7 Å². The van der Waals surface area contributed by atoms with Crippen LogP contribution in [-0.2, 0) is 4.79 Å². The number of benzene rings is 1. The highest BCUT2D eigenvalue weighted by molar-refractivity contribution is 9.10. The van der Waals surface area contributed by atoms with E-state index < -0.39 is 0 Å². The predicted molar refractivity (Wildman–Crippen MR) is 98.6 cm³/mol. The molecule has 1 aliphatic heterocycles. The molecule has 1 aliphatic rings. The van der Waals surface area contributed by atoms with Gasteiger partial charge in [0.15, 0.2) is 5.96 Å². The first kappa shape index (κ1) is 17.8. The van der Waals surface area contributed by atoms with Crippen molar-refractivity contribution in [3.63, 3.8) is 0 Å². The maximum absolute atomic E-state index is 12.0. The van der Waals surface area contributed by atoms with E-state index in [9.17, 15) is 4.79 Å². The molecule has 5 nitrogen and oxygen atoms in total. The van der Waals surface area contributed by atoms with Crippen LogP contribution in [0.4, 0.5) is 5.69 Å². The number of halogens is 1. The van der Waals surface area contributed by atoms with Gasteiger partial charge >= 0.3 is 0 Å². The van der Waals surface area contributed by atoms with Crippen molar-refractivity contribution >= 4 is 33.5 Å². The molecule has 1 saturated heterocycles. The Hall–Kier alpha value is -1.56. The third-order valence-electron chi connectivity index (χ3n) is 4.07. The number of nitrogens with zero attached hydrogens (tertiary/aromatic N) is 2. The molecule has 2 rings (SSSR count). The zero-order valence-corrected chi connectivity index (χ0v) is 15.4. The van der Waals surface area contributed by atoms with Gasteiger partial charge in [-0.2, -0.15) is 0 Å². The van der Waals surface area contributed by atoms with E-state index >= 15 is 0 Å². The number of likely N-dealkylation sites (tertiary alicyclic amines) is 1. The fourth-order valence-electron chi connectivity index (χ4n) is 2.71. The molecule has 1 unspecified atom stereocenters. The number of aryl methyl sites for hydroxylation is 1. The summed E-state index contributed by atoms with van der Waals surface area (Å²) in [6, 6.07) is 5.82. The van der Waals surface area contributed by atoms with E-state index in [0.717, 1.165) is 35.2 Å². The van der Waals surface area contributed by atoms with Gasteiger partial charge in [0.05, 0.1) is 6.54 Å². The molecule has 23 heavy (non-hydrogen) atoms.